The van der Waals surface area contributed by atoms with Crippen molar-refractivity contribution in [2.24, 2.45) is 0 Å². The lowest BCUT2D eigenvalue weighted by Crippen LogP contribution is -2.32. The molecule has 94 valence electrons. The van der Waals surface area contributed by atoms with Gasteiger partial charge in [0.25, 0.3) is 0 Å². The molecule has 0 aliphatic carbocycles. The van der Waals surface area contributed by atoms with Crippen LogP contribution in [0, 0.1) is 0 Å². The average molecular weight is 256 g/mol. The predicted molar refractivity (Wildman–Crippen MR) is 68.7 cm³/mol. The van der Waals surface area contributed by atoms with Crippen LogP contribution >= 0.6 is 11.6 Å². The molecule has 0 atom stereocenters. The number of methoxy groups -OCH3 is 1. The SMILES string of the molecule is COc1ccc(Cl)cc1COC1CCNCC1. The number of benzene rings is 1. The van der Waals surface area contributed by atoms with E-state index in [2.05, 4.69) is 5.32 Å². The lowest BCUT2D eigenvalue weighted by molar-refractivity contribution is 0.0204. The maximum absolute atomic E-state index is 5.97. The van der Waals surface area contributed by atoms with Gasteiger partial charge in [0.05, 0.1) is 19.8 Å². The molecule has 3 nitrogen and oxygen atoms in total. The molecule has 1 heterocycles. The molecule has 1 N–H and O–H groups in total. The topological polar surface area (TPSA) is 30.5 Å². The highest BCUT2D eigenvalue weighted by atomic mass is 35.5. The third kappa shape index (κ3) is 3.60. The van der Waals surface area contributed by atoms with Crippen molar-refractivity contribution in [2.45, 2.75) is 25.6 Å². The Morgan fingerprint density at radius 2 is 2.12 bits per heavy atom. The van der Waals surface area contributed by atoms with Gasteiger partial charge in [0.15, 0.2) is 0 Å². The fourth-order valence-corrected chi connectivity index (χ4v) is 2.22. The van der Waals surface area contributed by atoms with Crippen molar-refractivity contribution in [1.29, 1.82) is 0 Å². The third-order valence-corrected chi connectivity index (χ3v) is 3.24. The van der Waals surface area contributed by atoms with Crippen LogP contribution in [-0.2, 0) is 11.3 Å². The Morgan fingerprint density at radius 1 is 1.35 bits per heavy atom. The third-order valence-electron chi connectivity index (χ3n) is 3.00. The number of hydrogen-bond acceptors (Lipinski definition) is 3. The summed E-state index contributed by atoms with van der Waals surface area (Å²) in [7, 11) is 1.66. The molecule has 1 aromatic carbocycles. The summed E-state index contributed by atoms with van der Waals surface area (Å²) in [6.45, 7) is 2.64. The standard InChI is InChI=1S/C13H18ClNO2/c1-16-13-3-2-11(14)8-10(13)9-17-12-4-6-15-7-5-12/h2-3,8,12,15H,4-7,9H2,1H3. The van der Waals surface area contributed by atoms with Gasteiger partial charge in [0.2, 0.25) is 0 Å². The second kappa shape index (κ2) is 6.24. The summed E-state index contributed by atoms with van der Waals surface area (Å²) in [5.74, 6) is 0.836. The maximum atomic E-state index is 5.97. The smallest absolute Gasteiger partial charge is 0.124 e. The molecule has 1 fully saturated rings. The largest absolute Gasteiger partial charge is 0.496 e. The van der Waals surface area contributed by atoms with Gasteiger partial charge in [-0.3, -0.25) is 0 Å². The van der Waals surface area contributed by atoms with E-state index in [0.717, 1.165) is 42.3 Å². The van der Waals surface area contributed by atoms with Crippen LogP contribution in [0.2, 0.25) is 5.02 Å². The molecule has 1 aliphatic rings. The van der Waals surface area contributed by atoms with Crippen LogP contribution in [0.4, 0.5) is 0 Å². The molecule has 2 rings (SSSR count). The van der Waals surface area contributed by atoms with Crippen molar-refractivity contribution in [3.63, 3.8) is 0 Å². The summed E-state index contributed by atoms with van der Waals surface area (Å²) in [6.07, 6.45) is 2.49. The fourth-order valence-electron chi connectivity index (χ4n) is 2.03. The first kappa shape index (κ1) is 12.7. The van der Waals surface area contributed by atoms with E-state index in [9.17, 15) is 0 Å². The first-order valence-electron chi connectivity index (χ1n) is 5.94. The average Bonchev–Trinajstić information content (AvgIpc) is 2.38. The van der Waals surface area contributed by atoms with Crippen molar-refractivity contribution in [1.82, 2.24) is 5.32 Å². The Hall–Kier alpha value is -0.770. The fraction of sp³-hybridized carbons (Fsp3) is 0.538. The van der Waals surface area contributed by atoms with Crippen molar-refractivity contribution < 1.29 is 9.47 Å². The van der Waals surface area contributed by atoms with Gasteiger partial charge >= 0.3 is 0 Å². The van der Waals surface area contributed by atoms with E-state index in [1.165, 1.54) is 0 Å². The molecule has 1 saturated heterocycles. The highest BCUT2D eigenvalue weighted by molar-refractivity contribution is 6.30. The van der Waals surface area contributed by atoms with E-state index in [4.69, 9.17) is 21.1 Å². The predicted octanol–water partition coefficient (Wildman–Crippen LogP) is 2.62. The molecule has 0 radical (unpaired) electrons. The van der Waals surface area contributed by atoms with Gasteiger partial charge in [0, 0.05) is 10.6 Å². The lowest BCUT2D eigenvalue weighted by Gasteiger charge is -2.23. The van der Waals surface area contributed by atoms with E-state index in [0.29, 0.717) is 12.7 Å². The minimum atomic E-state index is 0.347. The first-order chi connectivity index (χ1) is 8.29. The van der Waals surface area contributed by atoms with E-state index in [1.807, 2.05) is 18.2 Å². The highest BCUT2D eigenvalue weighted by Gasteiger charge is 2.14. The zero-order valence-electron chi connectivity index (χ0n) is 10.0. The number of rotatable bonds is 4. The molecule has 1 aromatic rings. The number of hydrogen-bond donors (Lipinski definition) is 1. The van der Waals surface area contributed by atoms with Crippen LogP contribution in [-0.4, -0.2) is 26.3 Å². The molecule has 0 saturated carbocycles. The molecule has 0 aromatic heterocycles. The minimum absolute atomic E-state index is 0.347. The van der Waals surface area contributed by atoms with Crippen LogP contribution in [0.3, 0.4) is 0 Å². The molecule has 0 spiro atoms. The number of ether oxygens (including phenoxy) is 2. The van der Waals surface area contributed by atoms with Gasteiger partial charge in [0.1, 0.15) is 5.75 Å². The normalized spacial score (nSPS) is 17.1. The molecule has 1 aliphatic heterocycles. The van der Waals surface area contributed by atoms with E-state index in [1.54, 1.807) is 7.11 Å². The first-order valence-corrected chi connectivity index (χ1v) is 6.32. The quantitative estimate of drug-likeness (QED) is 0.897. The van der Waals surface area contributed by atoms with E-state index < -0.39 is 0 Å². The van der Waals surface area contributed by atoms with Crippen LogP contribution in [0.25, 0.3) is 0 Å². The minimum Gasteiger partial charge on any atom is -0.496 e. The second-order valence-corrected chi connectivity index (χ2v) is 4.65. The Labute approximate surface area is 107 Å². The molecule has 0 unspecified atom stereocenters. The van der Waals surface area contributed by atoms with Crippen molar-refractivity contribution >= 4 is 11.6 Å². The molecule has 4 heteroatoms. The lowest BCUT2D eigenvalue weighted by atomic mass is 10.1. The van der Waals surface area contributed by atoms with Gasteiger partial charge in [-0.15, -0.1) is 0 Å². The van der Waals surface area contributed by atoms with Gasteiger partial charge in [-0.25, -0.2) is 0 Å². The van der Waals surface area contributed by atoms with Gasteiger partial charge in [-0.05, 0) is 44.1 Å². The van der Waals surface area contributed by atoms with Crippen LogP contribution in [0.15, 0.2) is 18.2 Å². The Kier molecular flexibility index (Phi) is 4.66. The summed E-state index contributed by atoms with van der Waals surface area (Å²) in [5.41, 5.74) is 1.01. The Bertz CT molecular complexity index is 364. The van der Waals surface area contributed by atoms with Crippen LogP contribution < -0.4 is 10.1 Å². The Morgan fingerprint density at radius 3 is 2.82 bits per heavy atom. The highest BCUT2D eigenvalue weighted by Crippen LogP contribution is 2.24. The van der Waals surface area contributed by atoms with Crippen LogP contribution in [0.5, 0.6) is 5.75 Å². The van der Waals surface area contributed by atoms with E-state index >= 15 is 0 Å². The zero-order valence-corrected chi connectivity index (χ0v) is 10.8. The van der Waals surface area contributed by atoms with Crippen molar-refractivity contribution in [2.75, 3.05) is 20.2 Å². The summed E-state index contributed by atoms with van der Waals surface area (Å²) in [5, 5.41) is 4.04. The second-order valence-electron chi connectivity index (χ2n) is 4.22. The summed E-state index contributed by atoms with van der Waals surface area (Å²) >= 11 is 5.97. The maximum Gasteiger partial charge on any atom is 0.124 e. The summed E-state index contributed by atoms with van der Waals surface area (Å²) < 4.78 is 11.2. The van der Waals surface area contributed by atoms with Gasteiger partial charge in [-0.1, -0.05) is 11.6 Å². The molecule has 0 bridgehead atoms. The molecule has 17 heavy (non-hydrogen) atoms. The number of piperidine rings is 1. The van der Waals surface area contributed by atoms with Crippen molar-refractivity contribution in [3.05, 3.63) is 28.8 Å². The zero-order chi connectivity index (χ0) is 12.1. The van der Waals surface area contributed by atoms with Crippen molar-refractivity contribution in [3.8, 4) is 5.75 Å². The van der Waals surface area contributed by atoms with Gasteiger partial charge < -0.3 is 14.8 Å². The molecular weight excluding hydrogens is 238 g/mol. The monoisotopic (exact) mass is 255 g/mol. The summed E-state index contributed by atoms with van der Waals surface area (Å²) in [6, 6.07) is 5.61. The Balaban J connectivity index is 1.95. The number of nitrogens with one attached hydrogen (secondary N) is 1. The molecular formula is C13H18ClNO2. The summed E-state index contributed by atoms with van der Waals surface area (Å²) in [4.78, 5) is 0. The van der Waals surface area contributed by atoms with Gasteiger partial charge in [-0.2, -0.15) is 0 Å². The number of halogens is 1. The van der Waals surface area contributed by atoms with Crippen LogP contribution in [0.1, 0.15) is 18.4 Å². The van der Waals surface area contributed by atoms with E-state index in [-0.39, 0.29) is 0 Å². The molecule has 0 amide bonds.